The third-order valence-corrected chi connectivity index (χ3v) is 5.30. The fraction of sp³-hybridized carbons (Fsp3) is 0.600. The first-order chi connectivity index (χ1) is 13.1. The number of ether oxygens (including phenoxy) is 1. The maximum absolute atomic E-state index is 11.1. The van der Waals surface area contributed by atoms with Gasteiger partial charge >= 0.3 is 5.97 Å². The maximum Gasteiger partial charge on any atom is 0.305 e. The lowest BCUT2D eigenvalue weighted by atomic mass is 10.1. The van der Waals surface area contributed by atoms with Crippen LogP contribution in [-0.4, -0.2) is 51.8 Å². The molecular formula is C20H32BrIN4O2. The van der Waals surface area contributed by atoms with Crippen LogP contribution in [0.1, 0.15) is 38.5 Å². The molecule has 0 aliphatic carbocycles. The molecular weight excluding hydrogens is 535 g/mol. The van der Waals surface area contributed by atoms with Crippen LogP contribution < -0.4 is 15.5 Å². The molecule has 6 nitrogen and oxygen atoms in total. The third kappa shape index (κ3) is 8.98. The minimum atomic E-state index is -0.119. The number of esters is 1. The summed E-state index contributed by atoms with van der Waals surface area (Å²) in [5.41, 5.74) is 1.26. The number of nitrogens with one attached hydrogen (secondary N) is 2. The van der Waals surface area contributed by atoms with Crippen molar-refractivity contribution in [3.8, 4) is 0 Å². The SMILES string of the molecule is CN=C(NCCCCCCC(=O)OC)NC1CCN(c2ccc(Br)cc2)C1.I. The average molecular weight is 567 g/mol. The highest BCUT2D eigenvalue weighted by molar-refractivity contribution is 14.0. The van der Waals surface area contributed by atoms with E-state index in [1.54, 1.807) is 0 Å². The van der Waals surface area contributed by atoms with E-state index in [9.17, 15) is 4.79 Å². The molecule has 1 unspecified atom stereocenters. The Morgan fingerprint density at radius 3 is 2.64 bits per heavy atom. The van der Waals surface area contributed by atoms with Crippen LogP contribution in [0, 0.1) is 0 Å². The summed E-state index contributed by atoms with van der Waals surface area (Å²) in [6.45, 7) is 2.92. The van der Waals surface area contributed by atoms with Gasteiger partial charge in [-0.05, 0) is 43.5 Å². The molecule has 1 aromatic rings. The summed E-state index contributed by atoms with van der Waals surface area (Å²) < 4.78 is 5.75. The Morgan fingerprint density at radius 1 is 1.25 bits per heavy atom. The molecule has 0 aromatic heterocycles. The van der Waals surface area contributed by atoms with E-state index in [4.69, 9.17) is 0 Å². The Bertz CT molecular complexity index is 613. The van der Waals surface area contributed by atoms with Gasteiger partial charge in [-0.25, -0.2) is 0 Å². The number of aliphatic imine (C=N–C) groups is 1. The molecule has 0 amide bonds. The Kier molecular flexibility index (Phi) is 12.5. The Hall–Kier alpha value is -1.03. The molecule has 2 rings (SSSR count). The predicted octanol–water partition coefficient (Wildman–Crippen LogP) is 3.93. The summed E-state index contributed by atoms with van der Waals surface area (Å²) in [5.74, 6) is 0.749. The van der Waals surface area contributed by atoms with Crippen molar-refractivity contribution in [2.45, 2.75) is 44.6 Å². The van der Waals surface area contributed by atoms with E-state index in [2.05, 4.69) is 65.5 Å². The maximum atomic E-state index is 11.1. The number of benzene rings is 1. The van der Waals surface area contributed by atoms with Crippen LogP contribution in [0.15, 0.2) is 33.7 Å². The molecule has 0 spiro atoms. The van der Waals surface area contributed by atoms with E-state index >= 15 is 0 Å². The second-order valence-corrected chi connectivity index (χ2v) is 7.71. The van der Waals surface area contributed by atoms with Crippen LogP contribution in [-0.2, 0) is 9.53 Å². The molecule has 0 saturated carbocycles. The number of halogens is 2. The predicted molar refractivity (Wildman–Crippen MR) is 130 cm³/mol. The van der Waals surface area contributed by atoms with Crippen molar-refractivity contribution in [3.05, 3.63) is 28.7 Å². The minimum Gasteiger partial charge on any atom is -0.469 e. The number of carbonyl (C=O) groups excluding carboxylic acids is 1. The number of guanidine groups is 1. The van der Waals surface area contributed by atoms with Gasteiger partial charge in [-0.15, -0.1) is 24.0 Å². The standard InChI is InChI=1S/C20H31BrN4O2.HI/c1-22-20(23-13-6-4-3-5-7-19(26)27-2)24-17-12-14-25(15-17)18-10-8-16(21)9-11-18;/h8-11,17H,3-7,12-15H2,1-2H3,(H2,22,23,24);1H. The number of carbonyl (C=O) groups is 1. The van der Waals surface area contributed by atoms with Crippen molar-refractivity contribution < 1.29 is 9.53 Å². The Morgan fingerprint density at radius 2 is 1.96 bits per heavy atom. The van der Waals surface area contributed by atoms with E-state index in [1.807, 2.05) is 7.05 Å². The van der Waals surface area contributed by atoms with E-state index in [0.29, 0.717) is 12.5 Å². The first-order valence-electron chi connectivity index (χ1n) is 9.67. The topological polar surface area (TPSA) is 66.0 Å². The molecule has 1 saturated heterocycles. The highest BCUT2D eigenvalue weighted by Crippen LogP contribution is 2.22. The average Bonchev–Trinajstić information content (AvgIpc) is 3.15. The molecule has 1 aliphatic heterocycles. The highest BCUT2D eigenvalue weighted by Gasteiger charge is 2.23. The first kappa shape index (κ1) is 25.0. The van der Waals surface area contributed by atoms with Crippen molar-refractivity contribution in [1.29, 1.82) is 0 Å². The fourth-order valence-corrected chi connectivity index (χ4v) is 3.47. The molecule has 28 heavy (non-hydrogen) atoms. The third-order valence-electron chi connectivity index (χ3n) is 4.77. The molecule has 1 fully saturated rings. The van der Waals surface area contributed by atoms with Crippen LogP contribution in [0.25, 0.3) is 0 Å². The molecule has 8 heteroatoms. The number of rotatable bonds is 9. The molecule has 1 atom stereocenters. The summed E-state index contributed by atoms with van der Waals surface area (Å²) in [4.78, 5) is 17.8. The van der Waals surface area contributed by atoms with E-state index in [-0.39, 0.29) is 29.9 Å². The van der Waals surface area contributed by atoms with Gasteiger partial charge in [0.05, 0.1) is 7.11 Å². The van der Waals surface area contributed by atoms with Gasteiger partial charge in [-0.3, -0.25) is 9.79 Å². The monoisotopic (exact) mass is 566 g/mol. The first-order valence-corrected chi connectivity index (χ1v) is 10.5. The van der Waals surface area contributed by atoms with Crippen LogP contribution in [0.3, 0.4) is 0 Å². The lowest BCUT2D eigenvalue weighted by Crippen LogP contribution is -2.44. The van der Waals surface area contributed by atoms with Gasteiger partial charge in [-0.1, -0.05) is 28.8 Å². The summed E-state index contributed by atoms with van der Waals surface area (Å²) in [5, 5.41) is 6.92. The smallest absolute Gasteiger partial charge is 0.305 e. The summed E-state index contributed by atoms with van der Waals surface area (Å²) in [6.07, 6.45) is 5.73. The van der Waals surface area contributed by atoms with E-state index in [0.717, 1.165) is 62.2 Å². The highest BCUT2D eigenvalue weighted by atomic mass is 127. The molecule has 1 heterocycles. The number of anilines is 1. The van der Waals surface area contributed by atoms with Gasteiger partial charge in [0, 0.05) is 49.3 Å². The van der Waals surface area contributed by atoms with E-state index < -0.39 is 0 Å². The zero-order chi connectivity index (χ0) is 19.5. The van der Waals surface area contributed by atoms with Crippen molar-refractivity contribution in [2.75, 3.05) is 38.7 Å². The minimum absolute atomic E-state index is 0. The van der Waals surface area contributed by atoms with Gasteiger partial charge in [0.25, 0.3) is 0 Å². The fourth-order valence-electron chi connectivity index (χ4n) is 3.21. The van der Waals surface area contributed by atoms with E-state index in [1.165, 1.54) is 12.8 Å². The largest absolute Gasteiger partial charge is 0.469 e. The van der Waals surface area contributed by atoms with Crippen LogP contribution >= 0.6 is 39.9 Å². The molecule has 0 bridgehead atoms. The van der Waals surface area contributed by atoms with Gasteiger partial charge in [0.2, 0.25) is 0 Å². The van der Waals surface area contributed by atoms with Crippen molar-refractivity contribution >= 4 is 57.5 Å². The number of nitrogens with zero attached hydrogens (tertiary/aromatic N) is 2. The molecule has 1 aliphatic rings. The molecule has 1 aromatic carbocycles. The lowest BCUT2D eigenvalue weighted by Gasteiger charge is -2.20. The normalized spacial score (nSPS) is 16.5. The van der Waals surface area contributed by atoms with Gasteiger partial charge in [0.15, 0.2) is 5.96 Å². The molecule has 2 N–H and O–H groups in total. The zero-order valence-corrected chi connectivity index (χ0v) is 20.7. The quantitative estimate of drug-likeness (QED) is 0.156. The second-order valence-electron chi connectivity index (χ2n) is 6.79. The van der Waals surface area contributed by atoms with Crippen LogP contribution in [0.2, 0.25) is 0 Å². The number of unbranched alkanes of at least 4 members (excludes halogenated alkanes) is 3. The lowest BCUT2D eigenvalue weighted by molar-refractivity contribution is -0.140. The summed E-state index contributed by atoms with van der Waals surface area (Å²) >= 11 is 3.49. The van der Waals surface area contributed by atoms with Crippen molar-refractivity contribution in [1.82, 2.24) is 10.6 Å². The zero-order valence-electron chi connectivity index (χ0n) is 16.7. The Balaban J connectivity index is 0.00000392. The number of methoxy groups -OCH3 is 1. The molecule has 158 valence electrons. The number of hydrogen-bond acceptors (Lipinski definition) is 4. The number of hydrogen-bond donors (Lipinski definition) is 2. The Labute approximate surface area is 194 Å². The van der Waals surface area contributed by atoms with Crippen molar-refractivity contribution in [2.24, 2.45) is 4.99 Å². The van der Waals surface area contributed by atoms with Gasteiger partial charge in [0.1, 0.15) is 0 Å². The second kappa shape index (κ2) is 14.0. The summed E-state index contributed by atoms with van der Waals surface area (Å²) in [7, 11) is 3.25. The molecule has 0 radical (unpaired) electrons. The summed E-state index contributed by atoms with van der Waals surface area (Å²) in [6, 6.07) is 8.88. The van der Waals surface area contributed by atoms with Crippen molar-refractivity contribution in [3.63, 3.8) is 0 Å². The van der Waals surface area contributed by atoms with Crippen LogP contribution in [0.4, 0.5) is 5.69 Å². The van der Waals surface area contributed by atoms with Crippen LogP contribution in [0.5, 0.6) is 0 Å². The van der Waals surface area contributed by atoms with Gasteiger partial charge < -0.3 is 20.3 Å². The van der Waals surface area contributed by atoms with Gasteiger partial charge in [-0.2, -0.15) is 0 Å².